The van der Waals surface area contributed by atoms with Crippen LogP contribution in [0, 0.1) is 0 Å². The molecule has 0 amide bonds. The van der Waals surface area contributed by atoms with E-state index in [0.29, 0.717) is 0 Å². The van der Waals surface area contributed by atoms with Crippen molar-refractivity contribution in [1.29, 1.82) is 0 Å². The smallest absolute Gasteiger partial charge is 0.0619 e. The summed E-state index contributed by atoms with van der Waals surface area (Å²) < 4.78 is 5.24. The van der Waals surface area contributed by atoms with Crippen molar-refractivity contribution in [1.82, 2.24) is 9.13 Å². The Labute approximate surface area is 642 Å². The van der Waals surface area contributed by atoms with Crippen molar-refractivity contribution in [3.05, 3.63) is 411 Å². The first-order valence-electron chi connectivity index (χ1n) is 38.5. The average molecular weight is 1400 g/mol. The van der Waals surface area contributed by atoms with Crippen LogP contribution in [-0.2, 0) is 10.8 Å². The van der Waals surface area contributed by atoms with Crippen LogP contribution in [0.15, 0.2) is 388 Å². The van der Waals surface area contributed by atoms with Crippen molar-refractivity contribution in [2.45, 2.75) is 38.5 Å². The van der Waals surface area contributed by atoms with Crippen molar-refractivity contribution in [2.24, 2.45) is 0 Å². The lowest BCUT2D eigenvalue weighted by atomic mass is 9.79. The van der Waals surface area contributed by atoms with Gasteiger partial charge < -0.3 is 9.13 Å². The molecule has 110 heavy (non-hydrogen) atoms. The van der Waals surface area contributed by atoms with Crippen LogP contribution in [0.4, 0.5) is 0 Å². The number of hydrogen-bond donors (Lipinski definition) is 0. The third-order valence-corrected chi connectivity index (χ3v) is 24.0. The molecule has 2 aromatic heterocycles. The Balaban J connectivity index is 0.992. The zero-order valence-electron chi connectivity index (χ0n) is 61.8. The third-order valence-electron chi connectivity index (χ3n) is 24.0. The molecule has 518 valence electrons. The van der Waals surface area contributed by atoms with Crippen LogP contribution in [-0.4, -0.2) is 9.13 Å². The lowest BCUT2D eigenvalue weighted by molar-refractivity contribution is 0.660. The Hall–Kier alpha value is -13.7. The maximum atomic E-state index is 2.62. The van der Waals surface area contributed by atoms with Crippen molar-refractivity contribution < 1.29 is 0 Å². The zero-order chi connectivity index (χ0) is 73.3. The number of aromatic nitrogens is 2. The first-order chi connectivity index (χ1) is 54.1. The fourth-order valence-electron chi connectivity index (χ4n) is 18.9. The lowest BCUT2D eigenvalue weighted by Gasteiger charge is -2.24. The topological polar surface area (TPSA) is 9.86 Å². The van der Waals surface area contributed by atoms with E-state index in [1.54, 1.807) is 0 Å². The second kappa shape index (κ2) is 25.5. The Bertz CT molecular complexity index is 6330. The van der Waals surface area contributed by atoms with Gasteiger partial charge in [-0.1, -0.05) is 343 Å². The molecule has 0 saturated heterocycles. The predicted octanol–water partition coefficient (Wildman–Crippen LogP) is 29.2. The first-order valence-corrected chi connectivity index (χ1v) is 38.5. The predicted molar refractivity (Wildman–Crippen MR) is 465 cm³/mol. The van der Waals surface area contributed by atoms with E-state index >= 15 is 0 Å². The number of rotatable bonds is 12. The van der Waals surface area contributed by atoms with E-state index < -0.39 is 0 Å². The summed E-state index contributed by atoms with van der Waals surface area (Å²) in [6, 6.07) is 146. The van der Waals surface area contributed by atoms with Crippen LogP contribution in [0.1, 0.15) is 49.9 Å². The number of benzene rings is 17. The fourth-order valence-corrected chi connectivity index (χ4v) is 18.9. The molecular weight excluding hydrogens is 1330 g/mol. The van der Waals surface area contributed by atoms with Gasteiger partial charge in [-0.3, -0.25) is 0 Å². The normalized spacial score (nSPS) is 13.1. The Kier molecular flexibility index (Phi) is 15.0. The van der Waals surface area contributed by atoms with Crippen LogP contribution in [0.25, 0.3) is 189 Å². The summed E-state index contributed by atoms with van der Waals surface area (Å²) in [6.45, 7) is 9.70. The molecule has 0 spiro atoms. The molecule has 21 rings (SSSR count). The molecule has 0 aliphatic heterocycles. The molecular formula is C108H76N2. The van der Waals surface area contributed by atoms with Gasteiger partial charge in [0.1, 0.15) is 0 Å². The highest BCUT2D eigenvalue weighted by atomic mass is 15.0. The molecule has 0 saturated carbocycles. The second-order valence-electron chi connectivity index (χ2n) is 31.0. The molecule has 0 fully saturated rings. The van der Waals surface area contributed by atoms with Crippen LogP contribution in [0.3, 0.4) is 0 Å². The van der Waals surface area contributed by atoms with Gasteiger partial charge in [0.05, 0.1) is 22.4 Å². The highest BCUT2D eigenvalue weighted by molar-refractivity contribution is 6.28. The van der Waals surface area contributed by atoms with Crippen molar-refractivity contribution in [3.8, 4) is 145 Å². The molecule has 0 radical (unpaired) electrons. The van der Waals surface area contributed by atoms with E-state index in [9.17, 15) is 0 Å². The van der Waals surface area contributed by atoms with Crippen molar-refractivity contribution in [2.75, 3.05) is 0 Å². The Morgan fingerprint density at radius 3 is 0.755 bits per heavy atom. The van der Waals surface area contributed by atoms with Crippen molar-refractivity contribution in [3.63, 3.8) is 0 Å². The number of hydrogen-bond acceptors (Lipinski definition) is 0. The molecule has 0 bridgehead atoms. The summed E-state index contributed by atoms with van der Waals surface area (Å²) in [5.41, 5.74) is 37.4. The molecule has 0 N–H and O–H groups in total. The van der Waals surface area contributed by atoms with Crippen LogP contribution in [0.5, 0.6) is 0 Å². The molecule has 2 heterocycles. The zero-order valence-corrected chi connectivity index (χ0v) is 61.8. The SMILES string of the molecule is CC1(C)c2ccccc2-c2ccc(-c3c4cc5c(-c6ccccc6)c(-c6ccccc6)n(-c6cc(-c7ccccc7)cc(-c7ccccc7)c6)c5cc4c(-c4ccc5c(c4)C(C)(C)c4ccccc4-5)c4cc5c(-c6ccccc6)c(-c6ccccc6)n(-c6cc(-c7ccccc7)cc(-c7ccccc7)c6)c5cc34)cc21. The van der Waals surface area contributed by atoms with E-state index in [-0.39, 0.29) is 10.8 Å². The maximum absolute atomic E-state index is 2.62. The standard InChI is InChI=1S/C108H76N2/c1-107(2)95-51-31-29-49-85(95)87-55-53-77(63-97(87)107)101-89-65-93-100(110(105(75-45-25-11-26-46-75)103(93)73-41-21-9-22-42-73)84-61-81(71-37-17-7-18-38-71)58-82(62-84)72-39-19-8-20-40-72)68-92(89)102(78-54-56-88-86-50-30-32-52-96(86)108(3,4)98(88)64-78)90-66-94-99(67-91(90)101)109(106(76-47-27-12-28-48-76)104(94)74-43-23-10-24-44-74)83-59-79(69-33-13-5-14-34-69)57-80(60-83)70-35-15-6-16-36-70/h5-68H,1-4H3. The van der Waals surface area contributed by atoms with Crippen molar-refractivity contribution >= 4 is 43.4 Å². The minimum absolute atomic E-state index is 0.290. The van der Waals surface area contributed by atoms with Gasteiger partial charge in [-0.05, 0) is 228 Å². The van der Waals surface area contributed by atoms with Gasteiger partial charge in [0, 0.05) is 44.1 Å². The molecule has 0 atom stereocenters. The summed E-state index contributed by atoms with van der Waals surface area (Å²) in [7, 11) is 0. The fraction of sp³-hybridized carbons (Fsp3) is 0.0556. The Morgan fingerprint density at radius 1 is 0.173 bits per heavy atom. The minimum Gasteiger partial charge on any atom is -0.309 e. The van der Waals surface area contributed by atoms with Crippen LogP contribution < -0.4 is 0 Å². The van der Waals surface area contributed by atoms with Gasteiger partial charge in [-0.2, -0.15) is 0 Å². The van der Waals surface area contributed by atoms with E-state index in [2.05, 4.69) is 425 Å². The van der Waals surface area contributed by atoms with Gasteiger partial charge in [-0.15, -0.1) is 0 Å². The number of nitrogens with zero attached hydrogens (tertiary/aromatic N) is 2. The van der Waals surface area contributed by atoms with E-state index in [4.69, 9.17) is 0 Å². The Morgan fingerprint density at radius 2 is 0.436 bits per heavy atom. The summed E-state index contributed by atoms with van der Waals surface area (Å²) in [4.78, 5) is 0. The molecule has 2 aliphatic carbocycles. The minimum atomic E-state index is -0.290. The largest absolute Gasteiger partial charge is 0.309 e. The molecule has 17 aromatic carbocycles. The van der Waals surface area contributed by atoms with Gasteiger partial charge >= 0.3 is 0 Å². The van der Waals surface area contributed by atoms with Gasteiger partial charge in [0.25, 0.3) is 0 Å². The molecule has 2 heteroatoms. The number of fused-ring (bicyclic) bond motifs is 10. The van der Waals surface area contributed by atoms with Gasteiger partial charge in [-0.25, -0.2) is 0 Å². The van der Waals surface area contributed by atoms with Gasteiger partial charge in [0.15, 0.2) is 0 Å². The van der Waals surface area contributed by atoms with Crippen LogP contribution in [0.2, 0.25) is 0 Å². The summed E-state index contributed by atoms with van der Waals surface area (Å²) in [6.07, 6.45) is 0. The summed E-state index contributed by atoms with van der Waals surface area (Å²) >= 11 is 0. The van der Waals surface area contributed by atoms with E-state index in [1.807, 2.05) is 0 Å². The molecule has 2 nitrogen and oxygen atoms in total. The highest BCUT2D eigenvalue weighted by Gasteiger charge is 2.38. The average Bonchev–Trinajstić information content (AvgIpc) is 0.799. The monoisotopic (exact) mass is 1400 g/mol. The molecule has 2 aliphatic rings. The third kappa shape index (κ3) is 10.3. The summed E-state index contributed by atoms with van der Waals surface area (Å²) in [5, 5.41) is 7.01. The second-order valence-corrected chi connectivity index (χ2v) is 31.0. The van der Waals surface area contributed by atoms with Gasteiger partial charge in [0.2, 0.25) is 0 Å². The quantitative estimate of drug-likeness (QED) is 0.108. The summed E-state index contributed by atoms with van der Waals surface area (Å²) in [5.74, 6) is 0. The maximum Gasteiger partial charge on any atom is 0.0619 e. The van der Waals surface area contributed by atoms with E-state index in [1.165, 1.54) is 99.4 Å². The van der Waals surface area contributed by atoms with Crippen LogP contribution >= 0.6 is 0 Å². The van der Waals surface area contributed by atoms with E-state index in [0.717, 1.165) is 111 Å². The lowest BCUT2D eigenvalue weighted by Crippen LogP contribution is -2.15. The molecule has 0 unspecified atom stereocenters. The molecule has 19 aromatic rings. The first kappa shape index (κ1) is 64.7. The highest BCUT2D eigenvalue weighted by Crippen LogP contribution is 2.57.